The second kappa shape index (κ2) is 10.2. The van der Waals surface area contributed by atoms with Gasteiger partial charge in [0, 0.05) is 23.6 Å². The van der Waals surface area contributed by atoms with E-state index in [2.05, 4.69) is 0 Å². The van der Waals surface area contributed by atoms with Crippen LogP contribution < -0.4 is 9.47 Å². The molecule has 5 nitrogen and oxygen atoms in total. The van der Waals surface area contributed by atoms with E-state index in [4.69, 9.17) is 24.2 Å². The third kappa shape index (κ3) is 5.45. The summed E-state index contributed by atoms with van der Waals surface area (Å²) in [6.07, 6.45) is 8.42. The first kappa shape index (κ1) is 19.6. The molecule has 2 aromatic rings. The maximum Gasteiger partial charge on any atom is 0.128 e. The second-order valence-corrected chi connectivity index (χ2v) is 7.36. The predicted octanol–water partition coefficient (Wildman–Crippen LogP) is 4.32. The molecule has 2 aliphatic rings. The first-order valence-electron chi connectivity index (χ1n) is 10.5. The van der Waals surface area contributed by atoms with Crippen LogP contribution in [0.1, 0.15) is 36.8 Å². The number of rotatable bonds is 0. The van der Waals surface area contributed by atoms with Gasteiger partial charge in [0.05, 0.1) is 25.3 Å². The van der Waals surface area contributed by atoms with Crippen LogP contribution in [0.4, 0.5) is 0 Å². The van der Waals surface area contributed by atoms with Gasteiger partial charge in [-0.25, -0.2) is 0 Å². The fourth-order valence-electron chi connectivity index (χ4n) is 3.75. The van der Waals surface area contributed by atoms with Crippen molar-refractivity contribution in [3.63, 3.8) is 0 Å². The minimum Gasteiger partial charge on any atom is -0.491 e. The van der Waals surface area contributed by atoms with Crippen LogP contribution in [0.2, 0.25) is 0 Å². The highest BCUT2D eigenvalue weighted by Gasteiger charge is 2.23. The second-order valence-electron chi connectivity index (χ2n) is 7.36. The summed E-state index contributed by atoms with van der Waals surface area (Å²) < 4.78 is 17.5. The van der Waals surface area contributed by atoms with Crippen molar-refractivity contribution < 1.29 is 14.2 Å². The topological polar surface area (TPSA) is 52.4 Å². The van der Waals surface area contributed by atoms with Gasteiger partial charge in [0.25, 0.3) is 0 Å². The molecule has 1 saturated carbocycles. The van der Waals surface area contributed by atoms with E-state index >= 15 is 0 Å². The van der Waals surface area contributed by atoms with E-state index in [0.717, 1.165) is 35.5 Å². The van der Waals surface area contributed by atoms with Crippen LogP contribution in [0.15, 0.2) is 58.5 Å². The molecule has 0 radical (unpaired) electrons. The summed E-state index contributed by atoms with van der Waals surface area (Å²) in [5.41, 5.74) is 2.00. The number of nitrogens with zero attached hydrogens (tertiary/aromatic N) is 2. The maximum absolute atomic E-state index is 5.92. The molecule has 1 aliphatic heterocycles. The summed E-state index contributed by atoms with van der Waals surface area (Å²) in [4.78, 5) is 9.82. The molecular formula is C24H28N2O3. The van der Waals surface area contributed by atoms with Gasteiger partial charge in [-0.15, -0.1) is 0 Å². The highest BCUT2D eigenvalue weighted by atomic mass is 16.5. The lowest BCUT2D eigenvalue weighted by Gasteiger charge is -2.25. The third-order valence-electron chi connectivity index (χ3n) is 5.31. The van der Waals surface area contributed by atoms with Crippen molar-refractivity contribution in [1.82, 2.24) is 0 Å². The molecular weight excluding hydrogens is 364 g/mol. The van der Waals surface area contributed by atoms with Crippen LogP contribution in [-0.4, -0.2) is 50.9 Å². The van der Waals surface area contributed by atoms with Gasteiger partial charge in [0.15, 0.2) is 0 Å². The fraction of sp³-hybridized carbons (Fsp3) is 0.417. The van der Waals surface area contributed by atoms with Crippen LogP contribution in [0.3, 0.4) is 0 Å². The lowest BCUT2D eigenvalue weighted by molar-refractivity contribution is 0.0764. The molecule has 0 unspecified atom stereocenters. The first-order chi connectivity index (χ1) is 14.4. The van der Waals surface area contributed by atoms with Gasteiger partial charge in [-0.3, -0.25) is 9.98 Å². The van der Waals surface area contributed by atoms with E-state index in [0.29, 0.717) is 26.4 Å². The molecule has 1 fully saturated rings. The van der Waals surface area contributed by atoms with E-state index < -0.39 is 0 Å². The molecule has 2 atom stereocenters. The Balaban J connectivity index is 1.60. The Labute approximate surface area is 172 Å². The predicted molar refractivity (Wildman–Crippen MR) is 116 cm³/mol. The number of fused-ring (bicyclic) bond motifs is 3. The minimum atomic E-state index is 0.195. The Kier molecular flexibility index (Phi) is 6.92. The SMILES string of the molecule is C1=N[C@@H]2CCCC[C@H]2N=Cc2ccccc2OCCOCCOc2ccccc21. The zero-order valence-electron chi connectivity index (χ0n) is 16.7. The molecule has 2 aromatic carbocycles. The molecule has 5 heteroatoms. The van der Waals surface area contributed by atoms with E-state index in [1.807, 2.05) is 61.0 Å². The highest BCUT2D eigenvalue weighted by molar-refractivity contribution is 5.84. The number of aliphatic imine (C=N–C) groups is 2. The molecule has 1 heterocycles. The number of benzene rings is 2. The Morgan fingerprint density at radius 3 is 1.62 bits per heavy atom. The standard InChI is InChI=1S/C24H28N2O3/c1-5-11-23-19(7-1)17-25-21-9-3-4-10-22(21)26-18-20-8-2-6-12-24(20)29-16-14-27-13-15-28-23/h1-2,5-8,11-12,17-18,21-22H,3-4,9-10,13-16H2/t21-,22-/m1/s1. The zero-order valence-corrected chi connectivity index (χ0v) is 16.7. The van der Waals surface area contributed by atoms with Crippen molar-refractivity contribution in [3.8, 4) is 11.5 Å². The first-order valence-corrected chi connectivity index (χ1v) is 10.5. The van der Waals surface area contributed by atoms with Crippen molar-refractivity contribution >= 4 is 12.4 Å². The van der Waals surface area contributed by atoms with Crippen molar-refractivity contribution in [2.45, 2.75) is 37.8 Å². The Morgan fingerprint density at radius 1 is 0.621 bits per heavy atom. The maximum atomic E-state index is 5.92. The highest BCUT2D eigenvalue weighted by Crippen LogP contribution is 2.25. The lowest BCUT2D eigenvalue weighted by Crippen LogP contribution is -2.27. The van der Waals surface area contributed by atoms with Gasteiger partial charge in [-0.05, 0) is 37.1 Å². The number of hydrogen-bond donors (Lipinski definition) is 0. The number of hydrogen-bond acceptors (Lipinski definition) is 5. The Hall–Kier alpha value is -2.66. The summed E-state index contributed by atoms with van der Waals surface area (Å²) in [5, 5.41) is 0. The van der Waals surface area contributed by atoms with Crippen molar-refractivity contribution in [2.75, 3.05) is 26.4 Å². The van der Waals surface area contributed by atoms with E-state index in [9.17, 15) is 0 Å². The van der Waals surface area contributed by atoms with Crippen LogP contribution >= 0.6 is 0 Å². The monoisotopic (exact) mass is 392 g/mol. The molecule has 4 rings (SSSR count). The van der Waals surface area contributed by atoms with Crippen LogP contribution in [-0.2, 0) is 4.74 Å². The summed E-state index contributed by atoms with van der Waals surface area (Å²) >= 11 is 0. The van der Waals surface area contributed by atoms with Crippen LogP contribution in [0, 0.1) is 0 Å². The van der Waals surface area contributed by atoms with Gasteiger partial charge in [-0.2, -0.15) is 0 Å². The van der Waals surface area contributed by atoms with Crippen molar-refractivity contribution in [3.05, 3.63) is 59.7 Å². The van der Waals surface area contributed by atoms with Gasteiger partial charge < -0.3 is 14.2 Å². The molecule has 0 bridgehead atoms. The lowest BCUT2D eigenvalue weighted by atomic mass is 9.91. The zero-order chi connectivity index (χ0) is 19.7. The minimum absolute atomic E-state index is 0.195. The number of ether oxygens (including phenoxy) is 3. The average Bonchev–Trinajstić information content (AvgIpc) is 2.77. The van der Waals surface area contributed by atoms with Crippen molar-refractivity contribution in [2.24, 2.45) is 9.98 Å². The number of para-hydroxylation sites is 2. The summed E-state index contributed by atoms with van der Waals surface area (Å²) in [5.74, 6) is 1.67. The summed E-state index contributed by atoms with van der Waals surface area (Å²) in [7, 11) is 0. The van der Waals surface area contributed by atoms with E-state index in [-0.39, 0.29) is 12.1 Å². The van der Waals surface area contributed by atoms with Crippen LogP contribution in [0.5, 0.6) is 11.5 Å². The van der Waals surface area contributed by atoms with Gasteiger partial charge in [0.2, 0.25) is 0 Å². The molecule has 0 spiro atoms. The smallest absolute Gasteiger partial charge is 0.128 e. The molecule has 152 valence electrons. The fourth-order valence-corrected chi connectivity index (χ4v) is 3.75. The average molecular weight is 392 g/mol. The summed E-state index contributed by atoms with van der Waals surface area (Å²) in [6, 6.07) is 16.4. The van der Waals surface area contributed by atoms with E-state index in [1.54, 1.807) is 0 Å². The Bertz CT molecular complexity index is 780. The normalized spacial score (nSPS) is 22.9. The molecule has 29 heavy (non-hydrogen) atoms. The van der Waals surface area contributed by atoms with Gasteiger partial charge in [-0.1, -0.05) is 37.1 Å². The third-order valence-corrected chi connectivity index (χ3v) is 5.31. The molecule has 0 amide bonds. The summed E-state index contributed by atoms with van der Waals surface area (Å²) in [6.45, 7) is 2.03. The molecule has 0 saturated heterocycles. The van der Waals surface area contributed by atoms with Crippen LogP contribution in [0.25, 0.3) is 0 Å². The quantitative estimate of drug-likeness (QED) is 0.671. The van der Waals surface area contributed by atoms with E-state index in [1.165, 1.54) is 12.8 Å². The largest absolute Gasteiger partial charge is 0.491 e. The molecule has 0 N–H and O–H groups in total. The van der Waals surface area contributed by atoms with Gasteiger partial charge >= 0.3 is 0 Å². The van der Waals surface area contributed by atoms with Gasteiger partial charge in [0.1, 0.15) is 24.7 Å². The molecule has 0 aromatic heterocycles. The Morgan fingerprint density at radius 2 is 1.10 bits per heavy atom. The van der Waals surface area contributed by atoms with Crippen molar-refractivity contribution in [1.29, 1.82) is 0 Å². The molecule has 1 aliphatic carbocycles.